The molecular formula is C17H12BrFN6. The molecule has 0 saturated carbocycles. The lowest BCUT2D eigenvalue weighted by Gasteiger charge is -1.99. The van der Waals surface area contributed by atoms with Crippen LogP contribution in [0.25, 0.3) is 22.1 Å². The SMILES string of the molecule is Cn1c2ccc(Br)cc2c2nnc(NN=Cc3ccc(F)cc3)nc21. The zero-order chi connectivity index (χ0) is 17.4. The molecule has 4 rings (SSSR count). The predicted octanol–water partition coefficient (Wildman–Crippen LogP) is 3.86. The van der Waals surface area contributed by atoms with Gasteiger partial charge in [0.2, 0.25) is 0 Å². The van der Waals surface area contributed by atoms with E-state index in [0.717, 1.165) is 26.5 Å². The number of fused-ring (bicyclic) bond motifs is 3. The van der Waals surface area contributed by atoms with Gasteiger partial charge >= 0.3 is 0 Å². The van der Waals surface area contributed by atoms with Crippen LogP contribution < -0.4 is 5.43 Å². The molecule has 8 heteroatoms. The molecule has 0 aliphatic rings. The van der Waals surface area contributed by atoms with E-state index in [1.54, 1.807) is 18.3 Å². The van der Waals surface area contributed by atoms with Crippen molar-refractivity contribution in [2.75, 3.05) is 5.43 Å². The van der Waals surface area contributed by atoms with E-state index in [9.17, 15) is 4.39 Å². The minimum absolute atomic E-state index is 0.287. The highest BCUT2D eigenvalue weighted by Gasteiger charge is 2.12. The number of anilines is 1. The third-order valence-electron chi connectivity index (χ3n) is 3.81. The molecule has 0 radical (unpaired) electrons. The first kappa shape index (κ1) is 15.6. The summed E-state index contributed by atoms with van der Waals surface area (Å²) in [4.78, 5) is 4.48. The molecule has 0 amide bonds. The van der Waals surface area contributed by atoms with E-state index in [-0.39, 0.29) is 11.8 Å². The van der Waals surface area contributed by atoms with Crippen LogP contribution in [0.15, 0.2) is 52.0 Å². The Morgan fingerprint density at radius 1 is 1.16 bits per heavy atom. The first-order valence-electron chi connectivity index (χ1n) is 7.45. The quantitative estimate of drug-likeness (QED) is 0.420. The van der Waals surface area contributed by atoms with E-state index in [1.807, 2.05) is 29.8 Å². The van der Waals surface area contributed by atoms with Crippen molar-refractivity contribution in [3.05, 3.63) is 58.3 Å². The van der Waals surface area contributed by atoms with Crippen LogP contribution in [0.4, 0.5) is 10.3 Å². The first-order valence-corrected chi connectivity index (χ1v) is 8.24. The Labute approximate surface area is 150 Å². The first-order chi connectivity index (χ1) is 12.1. The molecule has 0 fully saturated rings. The van der Waals surface area contributed by atoms with Gasteiger partial charge < -0.3 is 4.57 Å². The van der Waals surface area contributed by atoms with E-state index in [0.29, 0.717) is 5.65 Å². The zero-order valence-corrected chi connectivity index (χ0v) is 14.7. The fraction of sp³-hybridized carbons (Fsp3) is 0.0588. The number of hydrogen-bond donors (Lipinski definition) is 1. The Morgan fingerprint density at radius 3 is 2.76 bits per heavy atom. The Bertz CT molecular complexity index is 1100. The molecule has 124 valence electrons. The van der Waals surface area contributed by atoms with Crippen LogP contribution in [0.1, 0.15) is 5.56 Å². The minimum Gasteiger partial charge on any atom is -0.327 e. The van der Waals surface area contributed by atoms with Crippen molar-refractivity contribution in [2.45, 2.75) is 0 Å². The van der Waals surface area contributed by atoms with Crippen LogP contribution in [0.2, 0.25) is 0 Å². The second kappa shape index (κ2) is 6.21. The molecule has 2 aromatic heterocycles. The third-order valence-corrected chi connectivity index (χ3v) is 4.30. The maximum atomic E-state index is 12.9. The summed E-state index contributed by atoms with van der Waals surface area (Å²) in [7, 11) is 1.93. The molecule has 6 nitrogen and oxygen atoms in total. The number of aromatic nitrogens is 4. The molecule has 0 unspecified atom stereocenters. The van der Waals surface area contributed by atoms with Crippen molar-refractivity contribution in [2.24, 2.45) is 12.1 Å². The maximum Gasteiger partial charge on any atom is 0.265 e. The van der Waals surface area contributed by atoms with Crippen molar-refractivity contribution < 1.29 is 4.39 Å². The van der Waals surface area contributed by atoms with Gasteiger partial charge in [0.25, 0.3) is 5.95 Å². The molecule has 25 heavy (non-hydrogen) atoms. The highest BCUT2D eigenvalue weighted by Crippen LogP contribution is 2.27. The topological polar surface area (TPSA) is 68.0 Å². The Hall–Kier alpha value is -2.87. The molecule has 4 aromatic rings. The van der Waals surface area contributed by atoms with Gasteiger partial charge in [-0.05, 0) is 35.9 Å². The van der Waals surface area contributed by atoms with Crippen molar-refractivity contribution in [1.82, 2.24) is 19.7 Å². The monoisotopic (exact) mass is 398 g/mol. The average molecular weight is 399 g/mol. The number of aryl methyl sites for hydroxylation is 1. The van der Waals surface area contributed by atoms with Gasteiger partial charge in [-0.2, -0.15) is 10.1 Å². The van der Waals surface area contributed by atoms with Gasteiger partial charge in [0.1, 0.15) is 11.3 Å². The average Bonchev–Trinajstić information content (AvgIpc) is 2.88. The van der Waals surface area contributed by atoms with E-state index in [1.165, 1.54) is 12.1 Å². The molecule has 1 N–H and O–H groups in total. The number of halogens is 2. The van der Waals surface area contributed by atoms with Crippen LogP contribution in [0.3, 0.4) is 0 Å². The second-order valence-electron chi connectivity index (χ2n) is 5.45. The maximum absolute atomic E-state index is 12.9. The van der Waals surface area contributed by atoms with E-state index in [2.05, 4.69) is 41.6 Å². The van der Waals surface area contributed by atoms with Gasteiger partial charge in [-0.15, -0.1) is 10.2 Å². The number of hydrogen-bond acceptors (Lipinski definition) is 5. The summed E-state index contributed by atoms with van der Waals surface area (Å²) in [5.74, 6) is 0.00124. The molecule has 0 spiro atoms. The Balaban J connectivity index is 1.66. The number of hydrazone groups is 1. The fourth-order valence-corrected chi connectivity index (χ4v) is 2.95. The number of rotatable bonds is 3. The van der Waals surface area contributed by atoms with Crippen LogP contribution in [-0.2, 0) is 7.05 Å². The van der Waals surface area contributed by atoms with Crippen molar-refractivity contribution >= 4 is 50.2 Å². The number of nitrogens with one attached hydrogen (secondary N) is 1. The van der Waals surface area contributed by atoms with Gasteiger partial charge in [-0.3, -0.25) is 0 Å². The summed E-state index contributed by atoms with van der Waals surface area (Å²) in [6.07, 6.45) is 1.56. The highest BCUT2D eigenvalue weighted by molar-refractivity contribution is 9.10. The van der Waals surface area contributed by atoms with Gasteiger partial charge in [-0.25, -0.2) is 9.82 Å². The van der Waals surface area contributed by atoms with Gasteiger partial charge in [0.15, 0.2) is 5.65 Å². The third kappa shape index (κ3) is 2.96. The number of benzene rings is 2. The zero-order valence-electron chi connectivity index (χ0n) is 13.1. The highest BCUT2D eigenvalue weighted by atomic mass is 79.9. The Morgan fingerprint density at radius 2 is 1.96 bits per heavy atom. The van der Waals surface area contributed by atoms with Crippen LogP contribution in [-0.4, -0.2) is 26.0 Å². The van der Waals surface area contributed by atoms with Crippen molar-refractivity contribution in [1.29, 1.82) is 0 Å². The lowest BCUT2D eigenvalue weighted by atomic mass is 10.2. The molecule has 0 aliphatic heterocycles. The van der Waals surface area contributed by atoms with Crippen LogP contribution >= 0.6 is 15.9 Å². The molecule has 0 aliphatic carbocycles. The van der Waals surface area contributed by atoms with Crippen LogP contribution in [0, 0.1) is 5.82 Å². The standard InChI is InChI=1S/C17H12BrFN6/c1-25-14-7-4-11(18)8-13(14)15-16(25)21-17(24-22-15)23-20-9-10-2-5-12(19)6-3-10/h2-9H,1H3,(H,21,23,24). The van der Waals surface area contributed by atoms with Crippen LogP contribution in [0.5, 0.6) is 0 Å². The van der Waals surface area contributed by atoms with Gasteiger partial charge in [0, 0.05) is 16.9 Å². The summed E-state index contributed by atoms with van der Waals surface area (Å²) in [5.41, 5.74) is 5.97. The van der Waals surface area contributed by atoms with Crippen molar-refractivity contribution in [3.63, 3.8) is 0 Å². The summed E-state index contributed by atoms with van der Waals surface area (Å²) < 4.78 is 15.8. The molecule has 2 aromatic carbocycles. The predicted molar refractivity (Wildman–Crippen MR) is 99.1 cm³/mol. The summed E-state index contributed by atoms with van der Waals surface area (Å²) in [6.45, 7) is 0. The summed E-state index contributed by atoms with van der Waals surface area (Å²) in [6, 6.07) is 12.0. The van der Waals surface area contributed by atoms with Crippen molar-refractivity contribution in [3.8, 4) is 0 Å². The molecule has 0 saturated heterocycles. The van der Waals surface area contributed by atoms with Gasteiger partial charge in [0.05, 0.1) is 11.7 Å². The molecular weight excluding hydrogens is 387 g/mol. The normalized spacial score (nSPS) is 11.6. The number of nitrogens with zero attached hydrogens (tertiary/aromatic N) is 5. The smallest absolute Gasteiger partial charge is 0.265 e. The molecule has 2 heterocycles. The van der Waals surface area contributed by atoms with E-state index in [4.69, 9.17) is 0 Å². The molecule has 0 atom stereocenters. The van der Waals surface area contributed by atoms with E-state index >= 15 is 0 Å². The summed E-state index contributed by atoms with van der Waals surface area (Å²) >= 11 is 3.47. The molecule has 0 bridgehead atoms. The fourth-order valence-electron chi connectivity index (χ4n) is 2.59. The minimum atomic E-state index is -0.287. The second-order valence-corrected chi connectivity index (χ2v) is 6.37. The lowest BCUT2D eigenvalue weighted by Crippen LogP contribution is -2.00. The summed E-state index contributed by atoms with van der Waals surface area (Å²) in [5, 5.41) is 13.4. The lowest BCUT2D eigenvalue weighted by molar-refractivity contribution is 0.628. The van der Waals surface area contributed by atoms with Gasteiger partial charge in [-0.1, -0.05) is 28.1 Å². The van der Waals surface area contributed by atoms with E-state index < -0.39 is 0 Å². The largest absolute Gasteiger partial charge is 0.327 e. The Kier molecular flexibility index (Phi) is 3.89.